The predicted octanol–water partition coefficient (Wildman–Crippen LogP) is 2.57. The lowest BCUT2D eigenvalue weighted by molar-refractivity contribution is 0.124. The molecule has 4 rings (SSSR count). The van der Waals surface area contributed by atoms with E-state index < -0.39 is 0 Å². The van der Waals surface area contributed by atoms with Gasteiger partial charge in [0.05, 0.1) is 0 Å². The third-order valence-electron chi connectivity index (χ3n) is 6.46. The van der Waals surface area contributed by atoms with Crippen molar-refractivity contribution in [3.8, 4) is 0 Å². The third kappa shape index (κ3) is 3.16. The molecule has 1 fully saturated rings. The number of piperidine rings is 1. The number of likely N-dealkylation sites (N-methyl/N-ethyl adjacent to an activating group) is 1. The lowest BCUT2D eigenvalue weighted by Crippen LogP contribution is -2.56. The molecule has 2 amide bonds. The van der Waals surface area contributed by atoms with E-state index in [0.717, 1.165) is 43.6 Å². The standard InChI is InChI=1S/C21H29N5OS/c1-4-26(5-2)21(27)24-14-9-15-16-6-12(20(22)28)7-17-19(16)13(10-23-17)8-18(15)25(3)11-14/h6-7,10,14-15,18,23H,4-5,8-9,11H2,1-3H3,(H2,22,28)(H,24,27)/t14-,15?,18+/m0/s1. The summed E-state index contributed by atoms with van der Waals surface area (Å²) < 4.78 is 0. The van der Waals surface area contributed by atoms with Gasteiger partial charge < -0.3 is 25.8 Å². The van der Waals surface area contributed by atoms with Crippen molar-refractivity contribution in [1.82, 2.24) is 20.1 Å². The van der Waals surface area contributed by atoms with Crippen LogP contribution in [0.5, 0.6) is 0 Å². The van der Waals surface area contributed by atoms with Gasteiger partial charge in [-0.15, -0.1) is 0 Å². The van der Waals surface area contributed by atoms with Gasteiger partial charge in [0.25, 0.3) is 0 Å². The number of amides is 2. The van der Waals surface area contributed by atoms with Crippen LogP contribution in [0.4, 0.5) is 4.79 Å². The highest BCUT2D eigenvalue weighted by Crippen LogP contribution is 2.43. The van der Waals surface area contributed by atoms with Crippen LogP contribution in [0.3, 0.4) is 0 Å². The largest absolute Gasteiger partial charge is 0.389 e. The number of hydrogen-bond donors (Lipinski definition) is 3. The Kier molecular flexibility index (Phi) is 5.05. The van der Waals surface area contributed by atoms with Crippen molar-refractivity contribution >= 4 is 34.1 Å². The molecule has 28 heavy (non-hydrogen) atoms. The van der Waals surface area contributed by atoms with Gasteiger partial charge in [-0.1, -0.05) is 12.2 Å². The van der Waals surface area contributed by atoms with Gasteiger partial charge in [0, 0.05) is 60.3 Å². The zero-order valence-corrected chi connectivity index (χ0v) is 17.6. The van der Waals surface area contributed by atoms with Gasteiger partial charge >= 0.3 is 6.03 Å². The number of nitrogens with two attached hydrogens (primary N) is 1. The Morgan fingerprint density at radius 1 is 1.39 bits per heavy atom. The maximum Gasteiger partial charge on any atom is 0.317 e. The van der Waals surface area contributed by atoms with Gasteiger partial charge in [0.2, 0.25) is 0 Å². The third-order valence-corrected chi connectivity index (χ3v) is 6.70. The summed E-state index contributed by atoms with van der Waals surface area (Å²) in [6, 6.07) is 4.80. The number of urea groups is 1. The average molecular weight is 400 g/mol. The van der Waals surface area contributed by atoms with Crippen molar-refractivity contribution in [2.75, 3.05) is 26.7 Å². The van der Waals surface area contributed by atoms with E-state index >= 15 is 0 Å². The summed E-state index contributed by atoms with van der Waals surface area (Å²) in [5, 5.41) is 4.57. The van der Waals surface area contributed by atoms with Crippen molar-refractivity contribution in [2.24, 2.45) is 5.73 Å². The van der Waals surface area contributed by atoms with Gasteiger partial charge in [-0.2, -0.15) is 0 Å². The highest BCUT2D eigenvalue weighted by molar-refractivity contribution is 7.80. The normalized spacial score (nSPS) is 24.0. The quantitative estimate of drug-likeness (QED) is 0.691. The fourth-order valence-electron chi connectivity index (χ4n) is 5.04. The van der Waals surface area contributed by atoms with Crippen LogP contribution in [0.2, 0.25) is 0 Å². The summed E-state index contributed by atoms with van der Waals surface area (Å²) in [5.41, 5.74) is 10.6. The van der Waals surface area contributed by atoms with E-state index in [-0.39, 0.29) is 12.1 Å². The molecule has 1 aliphatic carbocycles. The molecule has 1 unspecified atom stereocenters. The van der Waals surface area contributed by atoms with E-state index in [1.54, 1.807) is 0 Å². The van der Waals surface area contributed by atoms with Crippen molar-refractivity contribution in [1.29, 1.82) is 0 Å². The number of carbonyl (C=O) groups excluding carboxylic acids is 1. The van der Waals surface area contributed by atoms with E-state index in [2.05, 4.69) is 40.6 Å². The van der Waals surface area contributed by atoms with Gasteiger partial charge in [-0.3, -0.25) is 0 Å². The first-order chi connectivity index (χ1) is 13.4. The molecule has 150 valence electrons. The minimum Gasteiger partial charge on any atom is -0.389 e. The number of rotatable bonds is 4. The monoisotopic (exact) mass is 399 g/mol. The zero-order chi connectivity index (χ0) is 20.0. The lowest BCUT2D eigenvalue weighted by atomic mass is 9.73. The molecule has 0 bridgehead atoms. The molecular weight excluding hydrogens is 370 g/mol. The molecule has 0 spiro atoms. The number of carbonyl (C=O) groups is 1. The first kappa shape index (κ1) is 19.2. The summed E-state index contributed by atoms with van der Waals surface area (Å²) in [5.74, 6) is 0.348. The molecule has 1 saturated heterocycles. The van der Waals surface area contributed by atoms with Crippen molar-refractivity contribution in [3.63, 3.8) is 0 Å². The molecule has 1 aromatic heterocycles. The topological polar surface area (TPSA) is 77.4 Å². The van der Waals surface area contributed by atoms with Gasteiger partial charge in [0.1, 0.15) is 4.99 Å². The van der Waals surface area contributed by atoms with Crippen LogP contribution in [0, 0.1) is 0 Å². The van der Waals surface area contributed by atoms with E-state index in [9.17, 15) is 4.79 Å². The summed E-state index contributed by atoms with van der Waals surface area (Å²) in [7, 11) is 2.17. The molecule has 4 N–H and O–H groups in total. The molecule has 6 nitrogen and oxygen atoms in total. The molecule has 7 heteroatoms. The molecule has 0 saturated carbocycles. The van der Waals surface area contributed by atoms with Crippen LogP contribution in [0.1, 0.15) is 42.9 Å². The minimum atomic E-state index is 0.0297. The first-order valence-corrected chi connectivity index (χ1v) is 10.5. The Labute approximate surface area is 171 Å². The molecule has 1 aliphatic heterocycles. The lowest BCUT2D eigenvalue weighted by Gasteiger charge is -2.46. The number of fused-ring (bicyclic) bond motifs is 2. The number of likely N-dealkylation sites (tertiary alicyclic amines) is 1. The minimum absolute atomic E-state index is 0.0297. The fourth-order valence-corrected chi connectivity index (χ4v) is 5.15. The molecule has 2 heterocycles. The number of aromatic amines is 1. The Morgan fingerprint density at radius 3 is 2.82 bits per heavy atom. The smallest absolute Gasteiger partial charge is 0.317 e. The second kappa shape index (κ2) is 7.37. The van der Waals surface area contributed by atoms with E-state index in [1.807, 2.05) is 18.7 Å². The zero-order valence-electron chi connectivity index (χ0n) is 16.8. The molecule has 0 radical (unpaired) electrons. The Bertz CT molecular complexity index is 919. The summed E-state index contributed by atoms with van der Waals surface area (Å²) in [4.78, 5) is 20.7. The number of nitrogens with one attached hydrogen (secondary N) is 2. The first-order valence-electron chi connectivity index (χ1n) is 10.1. The van der Waals surface area contributed by atoms with Gasteiger partial charge in [-0.25, -0.2) is 4.79 Å². The SMILES string of the molecule is CCN(CC)C(=O)N[C@H]1CC2c3cc(C(N)=S)cc4[nH]cc(c34)C[C@H]2N(C)C1. The Hall–Kier alpha value is -2.12. The Morgan fingerprint density at radius 2 is 2.14 bits per heavy atom. The number of H-pyrrole nitrogens is 1. The van der Waals surface area contributed by atoms with Crippen molar-refractivity contribution < 1.29 is 4.79 Å². The van der Waals surface area contributed by atoms with Gasteiger partial charge in [0.15, 0.2) is 0 Å². The van der Waals surface area contributed by atoms with E-state index in [1.165, 1.54) is 16.5 Å². The van der Waals surface area contributed by atoms with Crippen LogP contribution in [0.15, 0.2) is 18.3 Å². The van der Waals surface area contributed by atoms with E-state index in [0.29, 0.717) is 16.9 Å². The van der Waals surface area contributed by atoms with Crippen LogP contribution in [-0.4, -0.2) is 64.6 Å². The maximum atomic E-state index is 12.6. The van der Waals surface area contributed by atoms with Crippen LogP contribution in [-0.2, 0) is 6.42 Å². The highest BCUT2D eigenvalue weighted by atomic mass is 32.1. The maximum absolute atomic E-state index is 12.6. The number of thiocarbonyl (C=S) groups is 1. The Balaban J connectivity index is 1.67. The summed E-state index contributed by atoms with van der Waals surface area (Å²) >= 11 is 5.25. The van der Waals surface area contributed by atoms with Crippen molar-refractivity contribution in [3.05, 3.63) is 35.0 Å². The van der Waals surface area contributed by atoms with Crippen molar-refractivity contribution in [2.45, 2.75) is 44.7 Å². The predicted molar refractivity (Wildman–Crippen MR) is 117 cm³/mol. The number of hydrogen-bond acceptors (Lipinski definition) is 3. The average Bonchev–Trinajstić information content (AvgIpc) is 3.07. The summed E-state index contributed by atoms with van der Waals surface area (Å²) in [6.07, 6.45) is 4.08. The van der Waals surface area contributed by atoms with Crippen LogP contribution < -0.4 is 11.1 Å². The number of nitrogens with zero attached hydrogens (tertiary/aromatic N) is 2. The van der Waals surface area contributed by atoms with Gasteiger partial charge in [-0.05, 0) is 57.0 Å². The molecule has 3 atom stereocenters. The number of benzene rings is 1. The molecule has 1 aromatic carbocycles. The second-order valence-electron chi connectivity index (χ2n) is 8.04. The second-order valence-corrected chi connectivity index (χ2v) is 8.48. The molecule has 2 aromatic rings. The number of aromatic nitrogens is 1. The molecule has 2 aliphatic rings. The van der Waals surface area contributed by atoms with E-state index in [4.69, 9.17) is 18.0 Å². The fraction of sp³-hybridized carbons (Fsp3) is 0.524. The highest BCUT2D eigenvalue weighted by Gasteiger charge is 2.40. The summed E-state index contributed by atoms with van der Waals surface area (Å²) in [6.45, 7) is 6.34. The van der Waals surface area contributed by atoms with Crippen LogP contribution in [0.25, 0.3) is 10.9 Å². The molecular formula is C21H29N5OS. The van der Waals surface area contributed by atoms with Crippen LogP contribution >= 0.6 is 12.2 Å².